The summed E-state index contributed by atoms with van der Waals surface area (Å²) >= 11 is 3.91. The maximum absolute atomic E-state index is 11.6. The summed E-state index contributed by atoms with van der Waals surface area (Å²) in [5, 5.41) is 10.3. The maximum atomic E-state index is 11.6. The molecule has 9 heteroatoms. The maximum Gasteiger partial charge on any atom is 0.233 e. The van der Waals surface area contributed by atoms with E-state index in [9.17, 15) is 9.59 Å². The van der Waals surface area contributed by atoms with Crippen LogP contribution in [0.4, 0.5) is 0 Å². The molecule has 0 saturated heterocycles. The lowest BCUT2D eigenvalue weighted by Gasteiger charge is -2.07. The zero-order chi connectivity index (χ0) is 14.3. The highest BCUT2D eigenvalue weighted by Gasteiger charge is 2.16. The van der Waals surface area contributed by atoms with Crippen molar-refractivity contribution in [2.75, 3.05) is 12.3 Å². The molecule has 0 aliphatic heterocycles. The molecule has 1 heterocycles. The summed E-state index contributed by atoms with van der Waals surface area (Å²) < 4.78 is 1.35. The van der Waals surface area contributed by atoms with Gasteiger partial charge in [-0.05, 0) is 6.92 Å². The predicted octanol–water partition coefficient (Wildman–Crippen LogP) is 0.898. The average Bonchev–Trinajstić information content (AvgIpc) is 2.81. The van der Waals surface area contributed by atoms with Gasteiger partial charge >= 0.3 is 0 Å². The van der Waals surface area contributed by atoms with Crippen LogP contribution in [0.15, 0.2) is 21.3 Å². The third-order valence-corrected chi connectivity index (χ3v) is 5.06. The van der Waals surface area contributed by atoms with Crippen LogP contribution in [0.3, 0.4) is 0 Å². The van der Waals surface area contributed by atoms with Crippen molar-refractivity contribution < 1.29 is 9.59 Å². The number of amides is 2. The monoisotopic (exact) mass is 318 g/mol. The Kier molecular flexibility index (Phi) is 6.89. The topological polar surface area (TPSA) is 98.0 Å². The Morgan fingerprint density at radius 2 is 2.21 bits per heavy atom. The largest absolute Gasteiger partial charge is 0.369 e. The third-order valence-electron chi connectivity index (χ3n) is 1.79. The van der Waals surface area contributed by atoms with Gasteiger partial charge in [-0.3, -0.25) is 9.59 Å². The Labute approximate surface area is 123 Å². The number of hydrogen-bond donors (Lipinski definition) is 2. The van der Waals surface area contributed by atoms with E-state index in [1.54, 1.807) is 13.0 Å². The Hall–Kier alpha value is -1.06. The Balaban J connectivity index is 2.46. The SMILES string of the molecule is C=CCNC(=O)[C@@H](C)Sc1nnc(SCC(N)=O)s1. The second kappa shape index (κ2) is 8.18. The Morgan fingerprint density at radius 3 is 2.84 bits per heavy atom. The molecule has 2 amide bonds. The summed E-state index contributed by atoms with van der Waals surface area (Å²) in [5.74, 6) is -0.299. The number of hydrogen-bond acceptors (Lipinski definition) is 7. The van der Waals surface area contributed by atoms with Gasteiger partial charge in [0, 0.05) is 6.54 Å². The van der Waals surface area contributed by atoms with E-state index in [1.807, 2.05) is 0 Å². The number of nitrogens with one attached hydrogen (secondary N) is 1. The van der Waals surface area contributed by atoms with Crippen molar-refractivity contribution in [3.05, 3.63) is 12.7 Å². The van der Waals surface area contributed by atoms with E-state index in [0.717, 1.165) is 0 Å². The predicted molar refractivity (Wildman–Crippen MR) is 78.4 cm³/mol. The second-order valence-corrected chi connectivity index (χ2v) is 7.17. The minimum atomic E-state index is -0.397. The number of carbonyl (C=O) groups is 2. The molecule has 0 unspecified atom stereocenters. The van der Waals surface area contributed by atoms with Crippen molar-refractivity contribution in [2.24, 2.45) is 5.73 Å². The highest BCUT2D eigenvalue weighted by Crippen LogP contribution is 2.30. The summed E-state index contributed by atoms with van der Waals surface area (Å²) in [6.45, 7) is 5.77. The third kappa shape index (κ3) is 6.08. The van der Waals surface area contributed by atoms with Crippen LogP contribution in [0, 0.1) is 0 Å². The molecule has 0 bridgehead atoms. The summed E-state index contributed by atoms with van der Waals surface area (Å²) in [7, 11) is 0. The number of aromatic nitrogens is 2. The fourth-order valence-corrected chi connectivity index (χ4v) is 3.88. The van der Waals surface area contributed by atoms with Crippen LogP contribution in [-0.2, 0) is 9.59 Å². The summed E-state index contributed by atoms with van der Waals surface area (Å²) in [5.41, 5.74) is 5.04. The van der Waals surface area contributed by atoms with Crippen LogP contribution in [-0.4, -0.2) is 39.6 Å². The zero-order valence-electron chi connectivity index (χ0n) is 10.3. The van der Waals surface area contributed by atoms with Crippen molar-refractivity contribution >= 4 is 46.7 Å². The molecule has 6 nitrogen and oxygen atoms in total. The fraction of sp³-hybridized carbons (Fsp3) is 0.400. The van der Waals surface area contributed by atoms with Gasteiger partial charge in [0.1, 0.15) is 0 Å². The van der Waals surface area contributed by atoms with Crippen LogP contribution >= 0.6 is 34.9 Å². The Bertz CT molecular complexity index is 463. The van der Waals surface area contributed by atoms with Crippen molar-refractivity contribution in [3.8, 4) is 0 Å². The van der Waals surface area contributed by atoms with E-state index in [1.165, 1.54) is 34.9 Å². The molecular weight excluding hydrogens is 304 g/mol. The number of rotatable bonds is 8. The zero-order valence-corrected chi connectivity index (χ0v) is 12.7. The van der Waals surface area contributed by atoms with E-state index >= 15 is 0 Å². The van der Waals surface area contributed by atoms with E-state index < -0.39 is 5.91 Å². The quantitative estimate of drug-likeness (QED) is 0.546. The normalized spacial score (nSPS) is 11.8. The summed E-state index contributed by atoms with van der Waals surface area (Å²) in [4.78, 5) is 22.3. The molecule has 3 N–H and O–H groups in total. The standard InChI is InChI=1S/C10H14N4O2S3/c1-3-4-12-8(16)6(2)18-10-14-13-9(19-10)17-5-7(11)15/h3,6H,1,4-5H2,2H3,(H2,11,15)(H,12,16)/t6-/m1/s1. The van der Waals surface area contributed by atoms with Gasteiger partial charge in [0.15, 0.2) is 8.68 Å². The number of carbonyl (C=O) groups excluding carboxylic acids is 2. The van der Waals surface area contributed by atoms with Crippen LogP contribution in [0.5, 0.6) is 0 Å². The lowest BCUT2D eigenvalue weighted by Crippen LogP contribution is -2.30. The fourth-order valence-electron chi connectivity index (χ4n) is 0.957. The van der Waals surface area contributed by atoms with E-state index in [4.69, 9.17) is 5.73 Å². The van der Waals surface area contributed by atoms with Gasteiger partial charge in [-0.15, -0.1) is 16.8 Å². The van der Waals surface area contributed by atoms with Crippen LogP contribution in [0.25, 0.3) is 0 Å². The van der Waals surface area contributed by atoms with E-state index in [-0.39, 0.29) is 16.9 Å². The average molecular weight is 318 g/mol. The first-order valence-electron chi connectivity index (χ1n) is 5.32. The highest BCUT2D eigenvalue weighted by molar-refractivity contribution is 8.04. The Morgan fingerprint density at radius 1 is 1.53 bits per heavy atom. The van der Waals surface area contributed by atoms with Gasteiger partial charge in [-0.25, -0.2) is 0 Å². The molecule has 1 aromatic heterocycles. The molecule has 1 aromatic rings. The molecular formula is C10H14N4O2S3. The molecule has 0 saturated carbocycles. The van der Waals surface area contributed by atoms with Crippen molar-refractivity contribution in [2.45, 2.75) is 20.9 Å². The molecule has 1 rings (SSSR count). The van der Waals surface area contributed by atoms with E-state index in [2.05, 4.69) is 22.1 Å². The number of nitrogens with two attached hydrogens (primary N) is 1. The molecule has 0 aromatic carbocycles. The van der Waals surface area contributed by atoms with Crippen LogP contribution in [0.1, 0.15) is 6.92 Å². The summed E-state index contributed by atoms with van der Waals surface area (Å²) in [6.07, 6.45) is 1.62. The number of primary amides is 1. The molecule has 0 aliphatic rings. The first-order chi connectivity index (χ1) is 9.02. The van der Waals surface area contributed by atoms with E-state index in [0.29, 0.717) is 15.2 Å². The van der Waals surface area contributed by atoms with Crippen molar-refractivity contribution in [1.82, 2.24) is 15.5 Å². The number of thioether (sulfide) groups is 2. The van der Waals surface area contributed by atoms with Gasteiger partial charge in [0.2, 0.25) is 11.8 Å². The van der Waals surface area contributed by atoms with Crippen molar-refractivity contribution in [3.63, 3.8) is 0 Å². The first-order valence-corrected chi connectivity index (χ1v) is 8.01. The lowest BCUT2D eigenvalue weighted by molar-refractivity contribution is -0.120. The molecule has 0 spiro atoms. The first kappa shape index (κ1) is 16.0. The van der Waals surface area contributed by atoms with Gasteiger partial charge in [-0.2, -0.15) is 0 Å². The molecule has 19 heavy (non-hydrogen) atoms. The molecule has 104 valence electrons. The second-order valence-electron chi connectivity index (χ2n) is 3.38. The highest BCUT2D eigenvalue weighted by atomic mass is 32.2. The van der Waals surface area contributed by atoms with Gasteiger partial charge < -0.3 is 11.1 Å². The van der Waals surface area contributed by atoms with Crippen LogP contribution < -0.4 is 11.1 Å². The van der Waals surface area contributed by atoms with Crippen molar-refractivity contribution in [1.29, 1.82) is 0 Å². The lowest BCUT2D eigenvalue weighted by atomic mass is 10.4. The van der Waals surface area contributed by atoms with Gasteiger partial charge in [0.05, 0.1) is 11.0 Å². The minimum Gasteiger partial charge on any atom is -0.369 e. The molecule has 0 radical (unpaired) electrons. The smallest absolute Gasteiger partial charge is 0.233 e. The molecule has 0 aliphatic carbocycles. The summed E-state index contributed by atoms with van der Waals surface area (Å²) in [6, 6.07) is 0. The van der Waals surface area contributed by atoms with Crippen LogP contribution in [0.2, 0.25) is 0 Å². The van der Waals surface area contributed by atoms with Gasteiger partial charge in [0.25, 0.3) is 0 Å². The van der Waals surface area contributed by atoms with Gasteiger partial charge in [-0.1, -0.05) is 40.9 Å². The minimum absolute atomic E-state index is 0.0774. The molecule has 1 atom stereocenters. The molecule has 0 fully saturated rings. The number of nitrogens with zero attached hydrogens (tertiary/aromatic N) is 2.